The highest BCUT2D eigenvalue weighted by Gasteiger charge is 2.37. The van der Waals surface area contributed by atoms with Crippen LogP contribution in [-0.2, 0) is 17.8 Å². The minimum absolute atomic E-state index is 0.0243. The van der Waals surface area contributed by atoms with E-state index < -0.39 is 6.04 Å². The van der Waals surface area contributed by atoms with Gasteiger partial charge in [-0.25, -0.2) is 4.79 Å². The third-order valence-electron chi connectivity index (χ3n) is 6.87. The van der Waals surface area contributed by atoms with Crippen molar-refractivity contribution in [2.24, 2.45) is 11.8 Å². The van der Waals surface area contributed by atoms with E-state index in [0.29, 0.717) is 32.6 Å². The maximum atomic E-state index is 13.1. The summed E-state index contributed by atoms with van der Waals surface area (Å²) in [6.45, 7) is 6.13. The number of ether oxygens (including phenoxy) is 1. The normalized spacial score (nSPS) is 19.8. The molecule has 2 bridgehead atoms. The summed E-state index contributed by atoms with van der Waals surface area (Å²) in [5, 5.41) is 5.93. The van der Waals surface area contributed by atoms with Gasteiger partial charge in [0.15, 0.2) is 0 Å². The molecule has 0 radical (unpaired) electrons. The number of hydrogen-bond acceptors (Lipinski definition) is 4. The van der Waals surface area contributed by atoms with Crippen LogP contribution in [0, 0.1) is 11.8 Å². The van der Waals surface area contributed by atoms with Crippen LogP contribution in [0.3, 0.4) is 0 Å². The number of urea groups is 1. The van der Waals surface area contributed by atoms with Gasteiger partial charge in [0.25, 0.3) is 5.56 Å². The fourth-order valence-corrected chi connectivity index (χ4v) is 5.05. The Morgan fingerprint density at radius 1 is 1.09 bits per heavy atom. The van der Waals surface area contributed by atoms with Crippen LogP contribution in [0.4, 0.5) is 4.79 Å². The predicted octanol–water partition coefficient (Wildman–Crippen LogP) is 2.37. The Hall–Kier alpha value is -3.29. The fourth-order valence-electron chi connectivity index (χ4n) is 5.05. The Bertz CT molecular complexity index is 1080. The second-order valence-corrected chi connectivity index (χ2v) is 9.66. The average Bonchev–Trinajstić information content (AvgIpc) is 2.83. The molecule has 8 heteroatoms. The first kappa shape index (κ1) is 23.9. The molecule has 0 aliphatic carbocycles. The van der Waals surface area contributed by atoms with Gasteiger partial charge in [0.2, 0.25) is 5.91 Å². The molecule has 0 unspecified atom stereocenters. The lowest BCUT2D eigenvalue weighted by Crippen LogP contribution is -2.57. The molecule has 2 aliphatic heterocycles. The second-order valence-electron chi connectivity index (χ2n) is 9.66. The lowest BCUT2D eigenvalue weighted by molar-refractivity contribution is -0.123. The fraction of sp³-hybridized carbons (Fsp3) is 0.500. The van der Waals surface area contributed by atoms with Crippen LogP contribution in [0.1, 0.15) is 37.4 Å². The second kappa shape index (κ2) is 10.3. The van der Waals surface area contributed by atoms with Crippen LogP contribution < -0.4 is 20.9 Å². The summed E-state index contributed by atoms with van der Waals surface area (Å²) in [5.41, 5.74) is 2.12. The van der Waals surface area contributed by atoms with Gasteiger partial charge in [0.1, 0.15) is 11.8 Å². The molecular formula is C26H34N4O4. The summed E-state index contributed by atoms with van der Waals surface area (Å²) in [7, 11) is 1.63. The number of carbonyl (C=O) groups is 2. The minimum Gasteiger partial charge on any atom is -0.497 e. The lowest BCUT2D eigenvalue weighted by Gasteiger charge is -2.43. The number of likely N-dealkylation sites (tertiary alicyclic amines) is 1. The molecule has 2 aromatic rings. The Morgan fingerprint density at radius 2 is 1.85 bits per heavy atom. The van der Waals surface area contributed by atoms with Crippen LogP contribution in [0.2, 0.25) is 0 Å². The van der Waals surface area contributed by atoms with Gasteiger partial charge in [0.05, 0.1) is 7.11 Å². The maximum absolute atomic E-state index is 13.1. The van der Waals surface area contributed by atoms with E-state index in [-0.39, 0.29) is 35.3 Å². The molecule has 4 rings (SSSR count). The van der Waals surface area contributed by atoms with E-state index in [9.17, 15) is 14.4 Å². The number of nitrogens with zero attached hydrogens (tertiary/aromatic N) is 2. The maximum Gasteiger partial charge on any atom is 0.318 e. The van der Waals surface area contributed by atoms with Gasteiger partial charge in [-0.2, -0.15) is 0 Å². The predicted molar refractivity (Wildman–Crippen MR) is 130 cm³/mol. The summed E-state index contributed by atoms with van der Waals surface area (Å²) in [6.07, 6.45) is 1.68. The zero-order valence-corrected chi connectivity index (χ0v) is 20.1. The third-order valence-corrected chi connectivity index (χ3v) is 6.87. The van der Waals surface area contributed by atoms with E-state index in [1.54, 1.807) is 24.1 Å². The molecule has 2 aliphatic rings. The van der Waals surface area contributed by atoms with Gasteiger partial charge in [-0.3, -0.25) is 9.59 Å². The zero-order valence-electron chi connectivity index (χ0n) is 20.1. The highest BCUT2D eigenvalue weighted by Crippen LogP contribution is 2.34. The number of rotatable bonds is 7. The summed E-state index contributed by atoms with van der Waals surface area (Å²) in [6, 6.07) is 12.3. The first-order valence-electron chi connectivity index (χ1n) is 12.0. The standard InChI is InChI=1S/C26H34N4O4/c1-17(2)24(25(32)27-12-11-18-7-9-21(34-3)10-8-18)28-26(33)29-14-19-13-20(16-29)22-5-4-6-23(31)30(22)15-19/h4-10,17,19-20,24H,11-16H2,1-3H3,(H,27,32)(H,28,33)/t19-,20+,24+/m1/s1. The number of nitrogens with one attached hydrogen (secondary N) is 2. The number of amides is 3. The first-order valence-corrected chi connectivity index (χ1v) is 12.0. The first-order chi connectivity index (χ1) is 16.4. The molecular weight excluding hydrogens is 432 g/mol. The summed E-state index contributed by atoms with van der Waals surface area (Å²) in [5.74, 6) is 0.961. The van der Waals surface area contributed by atoms with Crippen LogP contribution in [0.25, 0.3) is 0 Å². The molecule has 0 spiro atoms. The van der Waals surface area contributed by atoms with Crippen molar-refractivity contribution in [3.05, 3.63) is 64.1 Å². The van der Waals surface area contributed by atoms with E-state index in [2.05, 4.69) is 10.6 Å². The van der Waals surface area contributed by atoms with Crippen LogP contribution >= 0.6 is 0 Å². The molecule has 3 atom stereocenters. The Kier molecular flexibility index (Phi) is 7.24. The van der Waals surface area contributed by atoms with E-state index in [1.165, 1.54) is 0 Å². The summed E-state index contributed by atoms with van der Waals surface area (Å²) in [4.78, 5) is 40.1. The van der Waals surface area contributed by atoms with Crippen molar-refractivity contribution in [2.75, 3.05) is 26.7 Å². The number of benzene rings is 1. The number of pyridine rings is 1. The van der Waals surface area contributed by atoms with Crippen molar-refractivity contribution in [1.29, 1.82) is 0 Å². The van der Waals surface area contributed by atoms with Gasteiger partial charge < -0.3 is 24.8 Å². The van der Waals surface area contributed by atoms with Crippen molar-refractivity contribution in [3.8, 4) is 5.75 Å². The molecule has 182 valence electrons. The van der Waals surface area contributed by atoms with Crippen molar-refractivity contribution in [2.45, 2.75) is 45.2 Å². The molecule has 3 amide bonds. The van der Waals surface area contributed by atoms with E-state index in [0.717, 1.165) is 23.4 Å². The summed E-state index contributed by atoms with van der Waals surface area (Å²) >= 11 is 0. The molecule has 0 saturated carbocycles. The number of methoxy groups -OCH3 is 1. The van der Waals surface area contributed by atoms with Crippen molar-refractivity contribution in [1.82, 2.24) is 20.1 Å². The van der Waals surface area contributed by atoms with Crippen molar-refractivity contribution < 1.29 is 14.3 Å². The van der Waals surface area contributed by atoms with Crippen LogP contribution in [0.5, 0.6) is 5.75 Å². The lowest BCUT2D eigenvalue weighted by atomic mass is 9.83. The topological polar surface area (TPSA) is 92.7 Å². The van der Waals surface area contributed by atoms with Gasteiger partial charge in [-0.05, 0) is 48.4 Å². The number of carbonyl (C=O) groups excluding carboxylic acids is 2. The Labute approximate surface area is 200 Å². The molecule has 1 saturated heterocycles. The Balaban J connectivity index is 1.33. The van der Waals surface area contributed by atoms with Gasteiger partial charge in [0, 0.05) is 43.9 Å². The summed E-state index contributed by atoms with van der Waals surface area (Å²) < 4.78 is 7.02. The van der Waals surface area contributed by atoms with Gasteiger partial charge >= 0.3 is 6.03 Å². The molecule has 1 fully saturated rings. The SMILES string of the molecule is COc1ccc(CCNC(=O)[C@@H](NC(=O)N2C[C@H]3C[C@@H](C2)c2cccc(=O)n2C3)C(C)C)cc1. The van der Waals surface area contributed by atoms with Gasteiger partial charge in [-0.15, -0.1) is 0 Å². The molecule has 1 aromatic carbocycles. The number of aromatic nitrogens is 1. The number of fused-ring (bicyclic) bond motifs is 4. The average molecular weight is 467 g/mol. The molecule has 8 nitrogen and oxygen atoms in total. The molecule has 34 heavy (non-hydrogen) atoms. The minimum atomic E-state index is -0.611. The van der Waals surface area contributed by atoms with Crippen molar-refractivity contribution >= 4 is 11.9 Å². The smallest absolute Gasteiger partial charge is 0.318 e. The largest absolute Gasteiger partial charge is 0.497 e. The zero-order chi connectivity index (χ0) is 24.2. The molecule has 2 N–H and O–H groups in total. The van der Waals surface area contributed by atoms with E-state index in [4.69, 9.17) is 4.74 Å². The monoisotopic (exact) mass is 466 g/mol. The van der Waals surface area contributed by atoms with E-state index in [1.807, 2.05) is 48.7 Å². The molecule has 1 aromatic heterocycles. The van der Waals surface area contributed by atoms with Crippen LogP contribution in [-0.4, -0.2) is 54.2 Å². The van der Waals surface area contributed by atoms with Gasteiger partial charge in [-0.1, -0.05) is 32.0 Å². The number of piperidine rings is 1. The number of hydrogen-bond donors (Lipinski definition) is 2. The van der Waals surface area contributed by atoms with Crippen LogP contribution in [0.15, 0.2) is 47.3 Å². The Morgan fingerprint density at radius 3 is 2.56 bits per heavy atom. The quantitative estimate of drug-likeness (QED) is 0.655. The highest BCUT2D eigenvalue weighted by molar-refractivity contribution is 5.87. The molecule has 3 heterocycles. The highest BCUT2D eigenvalue weighted by atomic mass is 16.5. The third kappa shape index (κ3) is 5.26. The van der Waals surface area contributed by atoms with Crippen molar-refractivity contribution in [3.63, 3.8) is 0 Å². The van der Waals surface area contributed by atoms with E-state index >= 15 is 0 Å².